The summed E-state index contributed by atoms with van der Waals surface area (Å²) in [6, 6.07) is 8.92. The fourth-order valence-corrected chi connectivity index (χ4v) is 3.55. The minimum absolute atomic E-state index is 0.119. The lowest BCUT2D eigenvalue weighted by molar-refractivity contribution is -0.0656. The highest BCUT2D eigenvalue weighted by molar-refractivity contribution is 7.87. The molecular formula is C17H16F3N3O4S. The third-order valence-electron chi connectivity index (χ3n) is 4.23. The van der Waals surface area contributed by atoms with Gasteiger partial charge in [0.05, 0.1) is 23.8 Å². The van der Waals surface area contributed by atoms with Crippen LogP contribution in [0.5, 0.6) is 0 Å². The van der Waals surface area contributed by atoms with Crippen LogP contribution in [-0.2, 0) is 19.0 Å². The summed E-state index contributed by atoms with van der Waals surface area (Å²) in [4.78, 5) is 6.09. The maximum Gasteiger partial charge on any atom is 0.523 e. The molecule has 1 aliphatic rings. The highest BCUT2D eigenvalue weighted by atomic mass is 32.2. The van der Waals surface area contributed by atoms with Gasteiger partial charge in [0.25, 0.3) is 0 Å². The van der Waals surface area contributed by atoms with Crippen molar-refractivity contribution >= 4 is 26.7 Å². The van der Waals surface area contributed by atoms with Crippen molar-refractivity contribution in [1.82, 2.24) is 4.98 Å². The Morgan fingerprint density at radius 2 is 2.11 bits per heavy atom. The molecular weight excluding hydrogens is 399 g/mol. The van der Waals surface area contributed by atoms with E-state index in [0.29, 0.717) is 23.0 Å². The third-order valence-corrected chi connectivity index (χ3v) is 5.24. The van der Waals surface area contributed by atoms with Gasteiger partial charge in [-0.3, -0.25) is 9.17 Å². The average Bonchev–Trinajstić information content (AvgIpc) is 2.64. The smallest absolute Gasteiger partial charge is 0.369 e. The van der Waals surface area contributed by atoms with Crippen molar-refractivity contribution in [3.63, 3.8) is 0 Å². The van der Waals surface area contributed by atoms with Crippen LogP contribution in [0.1, 0.15) is 12.5 Å². The molecule has 2 atom stereocenters. The van der Waals surface area contributed by atoms with Crippen molar-refractivity contribution in [2.24, 2.45) is 0 Å². The van der Waals surface area contributed by atoms with Crippen molar-refractivity contribution < 1.29 is 30.5 Å². The quantitative estimate of drug-likeness (QED) is 0.560. The van der Waals surface area contributed by atoms with Gasteiger partial charge in [-0.2, -0.15) is 26.9 Å². The predicted octanol–water partition coefficient (Wildman–Crippen LogP) is 2.57. The predicted molar refractivity (Wildman–Crippen MR) is 93.9 cm³/mol. The van der Waals surface area contributed by atoms with Gasteiger partial charge in [-0.1, -0.05) is 0 Å². The number of ether oxygens (including phenoxy) is 1. The first-order valence-electron chi connectivity index (χ1n) is 8.26. The number of rotatable bonds is 4. The maximum atomic E-state index is 12.5. The second kappa shape index (κ2) is 7.54. The molecule has 0 bridgehead atoms. The van der Waals surface area contributed by atoms with E-state index in [2.05, 4.69) is 15.2 Å². The number of benzene rings is 1. The second-order valence-corrected chi connectivity index (χ2v) is 7.91. The molecule has 0 aliphatic carbocycles. The van der Waals surface area contributed by atoms with E-state index in [1.165, 1.54) is 0 Å². The van der Waals surface area contributed by atoms with Crippen LogP contribution in [0.4, 0.5) is 18.9 Å². The Balaban J connectivity index is 1.84. The van der Waals surface area contributed by atoms with E-state index >= 15 is 0 Å². The van der Waals surface area contributed by atoms with Crippen LogP contribution in [0.2, 0.25) is 0 Å². The maximum absolute atomic E-state index is 12.5. The summed E-state index contributed by atoms with van der Waals surface area (Å²) in [6.45, 7) is 1.52. The first-order chi connectivity index (χ1) is 13.1. The number of nitrogens with zero attached hydrogens (tertiary/aromatic N) is 3. The molecule has 0 unspecified atom stereocenters. The number of pyridine rings is 1. The molecule has 1 aromatic carbocycles. The van der Waals surface area contributed by atoms with Crippen molar-refractivity contribution in [3.05, 3.63) is 36.0 Å². The number of halogens is 3. The summed E-state index contributed by atoms with van der Waals surface area (Å²) in [5.74, 6) is 0. The lowest BCUT2D eigenvalue weighted by Gasteiger charge is -2.38. The van der Waals surface area contributed by atoms with E-state index in [9.17, 15) is 26.9 Å². The topological polar surface area (TPSA) is 92.5 Å². The molecule has 3 rings (SSSR count). The molecule has 7 nitrogen and oxygen atoms in total. The van der Waals surface area contributed by atoms with Gasteiger partial charge >= 0.3 is 15.6 Å². The van der Waals surface area contributed by atoms with Crippen molar-refractivity contribution in [2.45, 2.75) is 24.6 Å². The molecule has 0 N–H and O–H groups in total. The molecule has 2 aromatic rings. The SMILES string of the molecule is C[C@@H]1CN(c2ccc(C#N)c3ncccc23)C[C@H](COS(=O)(=O)C(F)(F)F)O1. The van der Waals surface area contributed by atoms with Gasteiger partial charge in [-0.15, -0.1) is 0 Å². The lowest BCUT2D eigenvalue weighted by atomic mass is 10.1. The number of morpholine rings is 1. The Morgan fingerprint density at radius 3 is 2.79 bits per heavy atom. The molecule has 1 fully saturated rings. The number of nitriles is 1. The molecule has 0 saturated carbocycles. The van der Waals surface area contributed by atoms with Gasteiger partial charge in [0.1, 0.15) is 12.2 Å². The zero-order valence-corrected chi connectivity index (χ0v) is 15.5. The van der Waals surface area contributed by atoms with E-state index in [0.717, 1.165) is 5.69 Å². The molecule has 11 heteroatoms. The Hall–Kier alpha value is -2.42. The number of hydrogen-bond acceptors (Lipinski definition) is 7. The first-order valence-corrected chi connectivity index (χ1v) is 9.67. The van der Waals surface area contributed by atoms with E-state index in [-0.39, 0.29) is 12.6 Å². The van der Waals surface area contributed by atoms with Crippen molar-refractivity contribution in [3.8, 4) is 6.07 Å². The van der Waals surface area contributed by atoms with Crippen LogP contribution < -0.4 is 4.90 Å². The molecule has 2 heterocycles. The summed E-state index contributed by atoms with van der Waals surface area (Å²) < 4.78 is 69.3. The standard InChI is InChI=1S/C17H16F3N3O4S/c1-11-8-23(9-13(27-11)10-26-28(24,25)17(18,19)20)15-5-4-12(7-21)16-14(15)3-2-6-22-16/h2-6,11,13H,8-10H2,1H3/t11-,13-/m1/s1. The fraction of sp³-hybridized carbons (Fsp3) is 0.412. The number of fused-ring (bicyclic) bond motifs is 1. The van der Waals surface area contributed by atoms with Gasteiger partial charge in [0.2, 0.25) is 0 Å². The Bertz CT molecular complexity index is 1020. The highest BCUT2D eigenvalue weighted by Crippen LogP contribution is 2.31. The van der Waals surface area contributed by atoms with Gasteiger partial charge in [-0.25, -0.2) is 0 Å². The normalized spacial score (nSPS) is 20.9. The Kier molecular flexibility index (Phi) is 5.47. The lowest BCUT2D eigenvalue weighted by Crippen LogP contribution is -2.49. The van der Waals surface area contributed by atoms with E-state index in [1.807, 2.05) is 4.90 Å². The van der Waals surface area contributed by atoms with Gasteiger partial charge in [-0.05, 0) is 31.2 Å². The molecule has 1 aromatic heterocycles. The van der Waals surface area contributed by atoms with Crippen LogP contribution in [0, 0.1) is 11.3 Å². The minimum atomic E-state index is -5.68. The monoisotopic (exact) mass is 415 g/mol. The van der Waals surface area contributed by atoms with Crippen molar-refractivity contribution in [1.29, 1.82) is 5.26 Å². The van der Waals surface area contributed by atoms with Crippen LogP contribution in [0.25, 0.3) is 10.9 Å². The Labute approximate surface area is 159 Å². The molecule has 1 saturated heterocycles. The zero-order chi connectivity index (χ0) is 20.5. The van der Waals surface area contributed by atoms with Crippen LogP contribution in [0.15, 0.2) is 30.5 Å². The zero-order valence-electron chi connectivity index (χ0n) is 14.7. The number of hydrogen-bond donors (Lipinski definition) is 0. The van der Waals surface area contributed by atoms with E-state index in [1.54, 1.807) is 37.4 Å². The van der Waals surface area contributed by atoms with Gasteiger partial charge < -0.3 is 9.64 Å². The first kappa shape index (κ1) is 20.3. The second-order valence-electron chi connectivity index (χ2n) is 6.30. The van der Waals surface area contributed by atoms with E-state index < -0.39 is 28.3 Å². The summed E-state index contributed by atoms with van der Waals surface area (Å²) in [5, 5.41) is 9.95. The Morgan fingerprint density at radius 1 is 1.36 bits per heavy atom. The molecule has 1 aliphatic heterocycles. The minimum Gasteiger partial charge on any atom is -0.369 e. The third kappa shape index (κ3) is 4.04. The largest absolute Gasteiger partial charge is 0.523 e. The summed E-state index contributed by atoms with van der Waals surface area (Å²) in [7, 11) is -5.68. The summed E-state index contributed by atoms with van der Waals surface area (Å²) in [6.07, 6.45) is 0.301. The number of alkyl halides is 3. The number of anilines is 1. The molecule has 0 radical (unpaired) electrons. The molecule has 150 valence electrons. The highest BCUT2D eigenvalue weighted by Gasteiger charge is 2.47. The van der Waals surface area contributed by atoms with Crippen LogP contribution >= 0.6 is 0 Å². The van der Waals surface area contributed by atoms with E-state index in [4.69, 9.17) is 4.74 Å². The molecule has 0 amide bonds. The summed E-state index contributed by atoms with van der Waals surface area (Å²) >= 11 is 0. The summed E-state index contributed by atoms with van der Waals surface area (Å²) in [5.41, 5.74) is -3.85. The fourth-order valence-electron chi connectivity index (χ4n) is 3.09. The van der Waals surface area contributed by atoms with Crippen LogP contribution in [0.3, 0.4) is 0 Å². The van der Waals surface area contributed by atoms with Crippen LogP contribution in [-0.4, -0.2) is 50.8 Å². The van der Waals surface area contributed by atoms with Gasteiger partial charge in [0.15, 0.2) is 0 Å². The average molecular weight is 415 g/mol. The number of aromatic nitrogens is 1. The van der Waals surface area contributed by atoms with Gasteiger partial charge in [0, 0.05) is 30.4 Å². The molecule has 28 heavy (non-hydrogen) atoms. The molecule has 0 spiro atoms. The van der Waals surface area contributed by atoms with Crippen molar-refractivity contribution in [2.75, 3.05) is 24.6 Å².